The van der Waals surface area contributed by atoms with Crippen LogP contribution in [0.1, 0.15) is 48.9 Å². The Balaban J connectivity index is 1.85. The van der Waals surface area contributed by atoms with E-state index in [2.05, 4.69) is 9.97 Å². The van der Waals surface area contributed by atoms with Gasteiger partial charge in [0.25, 0.3) is 0 Å². The van der Waals surface area contributed by atoms with Crippen molar-refractivity contribution in [2.45, 2.75) is 38.5 Å². The third-order valence-electron chi connectivity index (χ3n) is 4.02. The molecule has 0 bridgehead atoms. The number of aromatic nitrogens is 2. The minimum atomic E-state index is 0.188. The molecule has 100 valence electrons. The molecule has 2 aromatic heterocycles. The second-order valence-corrected chi connectivity index (χ2v) is 5.76. The first kappa shape index (κ1) is 12.7. The van der Waals surface area contributed by atoms with Gasteiger partial charge in [-0.15, -0.1) is 0 Å². The van der Waals surface area contributed by atoms with Crippen molar-refractivity contribution in [3.8, 4) is 0 Å². The van der Waals surface area contributed by atoms with Crippen LogP contribution < -0.4 is 0 Å². The number of halogens is 1. The predicted molar refractivity (Wildman–Crippen MR) is 76.6 cm³/mol. The summed E-state index contributed by atoms with van der Waals surface area (Å²) in [4.78, 5) is 19.7. The van der Waals surface area contributed by atoms with Gasteiger partial charge in [-0.25, -0.2) is 4.98 Å². The first-order chi connectivity index (χ1) is 9.25. The summed E-state index contributed by atoms with van der Waals surface area (Å²) in [6, 6.07) is 1.73. The fourth-order valence-electron chi connectivity index (χ4n) is 3.00. The molecule has 0 aliphatic heterocycles. The van der Waals surface area contributed by atoms with Crippen molar-refractivity contribution in [3.63, 3.8) is 0 Å². The van der Waals surface area contributed by atoms with Crippen LogP contribution in [0, 0.1) is 5.92 Å². The Bertz CT molecular complexity index is 599. The zero-order valence-corrected chi connectivity index (χ0v) is 11.5. The molecule has 2 heterocycles. The highest BCUT2D eigenvalue weighted by Crippen LogP contribution is 2.30. The number of carbonyl (C=O) groups excluding carboxylic acids is 1. The largest absolute Gasteiger partial charge is 0.345 e. The lowest BCUT2D eigenvalue weighted by molar-refractivity contribution is 0.0952. The molecule has 2 aromatic rings. The summed E-state index contributed by atoms with van der Waals surface area (Å²) in [6.07, 6.45) is 10.2. The summed E-state index contributed by atoms with van der Waals surface area (Å²) in [6.45, 7) is 0. The van der Waals surface area contributed by atoms with E-state index in [1.807, 2.05) is 0 Å². The van der Waals surface area contributed by atoms with Crippen molar-refractivity contribution in [2.24, 2.45) is 5.92 Å². The van der Waals surface area contributed by atoms with E-state index < -0.39 is 0 Å². The van der Waals surface area contributed by atoms with Gasteiger partial charge in [-0.3, -0.25) is 4.79 Å². The van der Waals surface area contributed by atoms with Crippen molar-refractivity contribution in [3.05, 3.63) is 29.0 Å². The molecule has 4 heteroatoms. The first-order valence-corrected chi connectivity index (χ1v) is 7.28. The third-order valence-corrected chi connectivity index (χ3v) is 4.34. The quantitative estimate of drug-likeness (QED) is 0.846. The average Bonchev–Trinajstić information content (AvgIpc) is 2.85. The second kappa shape index (κ2) is 5.33. The highest BCUT2D eigenvalue weighted by molar-refractivity contribution is 6.36. The van der Waals surface area contributed by atoms with Crippen LogP contribution in [0.5, 0.6) is 0 Å². The van der Waals surface area contributed by atoms with Crippen molar-refractivity contribution in [1.29, 1.82) is 0 Å². The predicted octanol–water partition coefficient (Wildman–Crippen LogP) is 4.37. The number of aromatic amines is 1. The van der Waals surface area contributed by atoms with Crippen molar-refractivity contribution < 1.29 is 4.79 Å². The van der Waals surface area contributed by atoms with Crippen molar-refractivity contribution in [2.75, 3.05) is 0 Å². The SMILES string of the molecule is O=C(CC1CCCCC1)c1c[nH]c2nccc(Cl)c12. The van der Waals surface area contributed by atoms with E-state index >= 15 is 0 Å². The summed E-state index contributed by atoms with van der Waals surface area (Å²) in [7, 11) is 0. The summed E-state index contributed by atoms with van der Waals surface area (Å²) >= 11 is 6.18. The highest BCUT2D eigenvalue weighted by atomic mass is 35.5. The van der Waals surface area contributed by atoms with Crippen LogP contribution in [0.2, 0.25) is 5.02 Å². The van der Waals surface area contributed by atoms with E-state index in [9.17, 15) is 4.79 Å². The van der Waals surface area contributed by atoms with Crippen LogP contribution in [0.4, 0.5) is 0 Å². The third kappa shape index (κ3) is 2.52. The normalized spacial score (nSPS) is 16.9. The summed E-state index contributed by atoms with van der Waals surface area (Å²) in [5.41, 5.74) is 1.39. The Labute approximate surface area is 117 Å². The van der Waals surface area contributed by atoms with Gasteiger partial charge in [-0.1, -0.05) is 43.7 Å². The van der Waals surface area contributed by atoms with Gasteiger partial charge in [0.05, 0.1) is 5.02 Å². The number of hydrogen-bond acceptors (Lipinski definition) is 2. The van der Waals surface area contributed by atoms with Gasteiger partial charge < -0.3 is 4.98 Å². The summed E-state index contributed by atoms with van der Waals surface area (Å²) in [5, 5.41) is 1.36. The average molecular weight is 277 g/mol. The van der Waals surface area contributed by atoms with Crippen LogP contribution >= 0.6 is 11.6 Å². The van der Waals surface area contributed by atoms with Crippen molar-refractivity contribution in [1.82, 2.24) is 9.97 Å². The molecule has 19 heavy (non-hydrogen) atoms. The molecule has 1 aliphatic rings. The number of ketones is 1. The number of rotatable bonds is 3. The fourth-order valence-corrected chi connectivity index (χ4v) is 3.25. The smallest absolute Gasteiger partial charge is 0.165 e. The maximum absolute atomic E-state index is 12.4. The Kier molecular flexibility index (Phi) is 3.56. The number of nitrogens with zero attached hydrogens (tertiary/aromatic N) is 1. The molecule has 0 spiro atoms. The van der Waals surface area contributed by atoms with Crippen LogP contribution in [0.15, 0.2) is 18.5 Å². The van der Waals surface area contributed by atoms with Crippen LogP contribution in [-0.4, -0.2) is 15.8 Å². The van der Waals surface area contributed by atoms with Crippen molar-refractivity contribution >= 4 is 28.4 Å². The lowest BCUT2D eigenvalue weighted by atomic mass is 9.85. The molecule has 3 rings (SSSR count). The monoisotopic (exact) mass is 276 g/mol. The lowest BCUT2D eigenvalue weighted by Crippen LogP contribution is -2.12. The van der Waals surface area contributed by atoms with E-state index in [1.165, 1.54) is 32.1 Å². The molecule has 3 nitrogen and oxygen atoms in total. The molecule has 1 aliphatic carbocycles. The minimum absolute atomic E-state index is 0.188. The number of H-pyrrole nitrogens is 1. The van der Waals surface area contributed by atoms with E-state index in [1.54, 1.807) is 18.5 Å². The number of hydrogen-bond donors (Lipinski definition) is 1. The maximum Gasteiger partial charge on any atom is 0.165 e. The zero-order chi connectivity index (χ0) is 13.2. The Hall–Kier alpha value is -1.35. The summed E-state index contributed by atoms with van der Waals surface area (Å²) in [5.74, 6) is 0.731. The topological polar surface area (TPSA) is 45.8 Å². The molecule has 0 saturated heterocycles. The Morgan fingerprint density at radius 2 is 2.16 bits per heavy atom. The molecular formula is C15H17ClN2O. The van der Waals surface area contributed by atoms with Crippen LogP contribution in [0.3, 0.4) is 0 Å². The second-order valence-electron chi connectivity index (χ2n) is 5.35. The van der Waals surface area contributed by atoms with Gasteiger partial charge in [-0.05, 0) is 12.0 Å². The van der Waals surface area contributed by atoms with Crippen LogP contribution in [0.25, 0.3) is 11.0 Å². The molecule has 1 saturated carbocycles. The number of Topliss-reactive ketones (excluding diaryl/α,β-unsaturated/α-hetero) is 1. The van der Waals surface area contributed by atoms with Gasteiger partial charge in [0.1, 0.15) is 5.65 Å². The molecule has 0 aromatic carbocycles. The molecule has 1 fully saturated rings. The number of fused-ring (bicyclic) bond motifs is 1. The molecule has 0 unspecified atom stereocenters. The molecule has 1 N–H and O–H groups in total. The summed E-state index contributed by atoms with van der Waals surface area (Å²) < 4.78 is 0. The number of nitrogens with one attached hydrogen (secondary N) is 1. The fraction of sp³-hybridized carbons (Fsp3) is 0.467. The molecule has 0 radical (unpaired) electrons. The molecule has 0 atom stereocenters. The van der Waals surface area contributed by atoms with Gasteiger partial charge in [-0.2, -0.15) is 0 Å². The molecular weight excluding hydrogens is 260 g/mol. The standard InChI is InChI=1S/C15H17ClN2O/c16-12-6-7-17-15-14(12)11(9-18-15)13(19)8-10-4-2-1-3-5-10/h6-7,9-10H,1-5,8H2,(H,17,18). The Morgan fingerprint density at radius 1 is 1.37 bits per heavy atom. The Morgan fingerprint density at radius 3 is 2.95 bits per heavy atom. The van der Waals surface area contributed by atoms with E-state index in [-0.39, 0.29) is 5.78 Å². The van der Waals surface area contributed by atoms with E-state index in [4.69, 9.17) is 11.6 Å². The number of pyridine rings is 1. The first-order valence-electron chi connectivity index (χ1n) is 6.90. The maximum atomic E-state index is 12.4. The van der Waals surface area contributed by atoms with Gasteiger partial charge in [0.2, 0.25) is 0 Å². The van der Waals surface area contributed by atoms with Crippen LogP contribution in [-0.2, 0) is 0 Å². The minimum Gasteiger partial charge on any atom is -0.345 e. The van der Waals surface area contributed by atoms with E-state index in [0.717, 1.165) is 5.39 Å². The highest BCUT2D eigenvalue weighted by Gasteiger charge is 2.21. The number of carbonyl (C=O) groups is 1. The van der Waals surface area contributed by atoms with Gasteiger partial charge in [0, 0.05) is 29.8 Å². The van der Waals surface area contributed by atoms with Gasteiger partial charge >= 0.3 is 0 Å². The zero-order valence-electron chi connectivity index (χ0n) is 10.8. The van der Waals surface area contributed by atoms with Gasteiger partial charge in [0.15, 0.2) is 5.78 Å². The van der Waals surface area contributed by atoms with E-state index in [0.29, 0.717) is 28.6 Å². The lowest BCUT2D eigenvalue weighted by Gasteiger charge is -2.20. The molecule has 0 amide bonds.